The molecule has 0 aliphatic carbocycles. The maximum atomic E-state index is 3.99. The molecular formula is C8H15NS. The molecule has 1 nitrogen and oxygen atoms in total. The summed E-state index contributed by atoms with van der Waals surface area (Å²) in [4.78, 5) is 2.35. The van der Waals surface area contributed by atoms with Gasteiger partial charge in [0.2, 0.25) is 0 Å². The van der Waals surface area contributed by atoms with Crippen LogP contribution in [0.1, 0.15) is 20.3 Å². The Kier molecular flexibility index (Phi) is 2.66. The summed E-state index contributed by atoms with van der Waals surface area (Å²) < 4.78 is 0. The Morgan fingerprint density at radius 1 is 1.70 bits per heavy atom. The van der Waals surface area contributed by atoms with E-state index in [-0.39, 0.29) is 0 Å². The number of thioether (sulfide) groups is 1. The normalized spacial score (nSPS) is 26.0. The van der Waals surface area contributed by atoms with Crippen molar-refractivity contribution in [2.75, 3.05) is 13.1 Å². The molecule has 58 valence electrons. The first-order chi connectivity index (χ1) is 4.77. The van der Waals surface area contributed by atoms with Gasteiger partial charge in [-0.05, 0) is 13.3 Å². The highest BCUT2D eigenvalue weighted by Crippen LogP contribution is 2.33. The maximum absolute atomic E-state index is 3.99. The third-order valence-electron chi connectivity index (χ3n) is 1.92. The van der Waals surface area contributed by atoms with Gasteiger partial charge in [-0.3, -0.25) is 0 Å². The molecule has 10 heavy (non-hydrogen) atoms. The van der Waals surface area contributed by atoms with Gasteiger partial charge in [-0.25, -0.2) is 0 Å². The van der Waals surface area contributed by atoms with Crippen LogP contribution in [0.2, 0.25) is 0 Å². The summed E-state index contributed by atoms with van der Waals surface area (Å²) in [5, 5.41) is 2.06. The topological polar surface area (TPSA) is 3.24 Å². The summed E-state index contributed by atoms with van der Waals surface area (Å²) in [5.74, 6) is 0. The SMILES string of the molecule is C=C1SC(CC)CN1CC. The fourth-order valence-corrected chi connectivity index (χ4v) is 2.33. The van der Waals surface area contributed by atoms with Gasteiger partial charge in [-0.15, -0.1) is 11.8 Å². The van der Waals surface area contributed by atoms with Crippen molar-refractivity contribution in [1.29, 1.82) is 0 Å². The molecule has 0 aromatic heterocycles. The molecule has 1 unspecified atom stereocenters. The second-order valence-corrected chi connectivity index (χ2v) is 3.95. The predicted molar refractivity (Wildman–Crippen MR) is 48.1 cm³/mol. The average molecular weight is 157 g/mol. The lowest BCUT2D eigenvalue weighted by Crippen LogP contribution is -2.19. The molecule has 0 spiro atoms. The lowest BCUT2D eigenvalue weighted by atomic mass is 10.3. The molecule has 1 heterocycles. The van der Waals surface area contributed by atoms with E-state index in [0.717, 1.165) is 11.8 Å². The Morgan fingerprint density at radius 2 is 2.40 bits per heavy atom. The Morgan fingerprint density at radius 3 is 2.70 bits per heavy atom. The van der Waals surface area contributed by atoms with E-state index in [0.29, 0.717) is 0 Å². The van der Waals surface area contributed by atoms with Gasteiger partial charge >= 0.3 is 0 Å². The first kappa shape index (κ1) is 7.99. The van der Waals surface area contributed by atoms with Gasteiger partial charge in [-0.1, -0.05) is 13.5 Å². The van der Waals surface area contributed by atoms with E-state index >= 15 is 0 Å². The minimum Gasteiger partial charge on any atom is -0.366 e. The van der Waals surface area contributed by atoms with E-state index in [9.17, 15) is 0 Å². The molecule has 1 atom stereocenters. The van der Waals surface area contributed by atoms with Crippen molar-refractivity contribution in [3.05, 3.63) is 11.6 Å². The van der Waals surface area contributed by atoms with Crippen molar-refractivity contribution in [3.63, 3.8) is 0 Å². The van der Waals surface area contributed by atoms with Gasteiger partial charge in [-0.2, -0.15) is 0 Å². The first-order valence-electron chi connectivity index (χ1n) is 3.88. The molecule has 2 heteroatoms. The zero-order valence-corrected chi connectivity index (χ0v) is 7.58. The number of rotatable bonds is 2. The highest BCUT2D eigenvalue weighted by Gasteiger charge is 2.22. The Hall–Kier alpha value is -0.110. The van der Waals surface area contributed by atoms with E-state index in [4.69, 9.17) is 0 Å². The van der Waals surface area contributed by atoms with Crippen molar-refractivity contribution in [1.82, 2.24) is 4.90 Å². The third kappa shape index (κ3) is 1.48. The van der Waals surface area contributed by atoms with Crippen LogP contribution in [0.4, 0.5) is 0 Å². The molecule has 0 aromatic carbocycles. The van der Waals surface area contributed by atoms with Crippen LogP contribution >= 0.6 is 11.8 Å². The minimum absolute atomic E-state index is 0.799. The lowest BCUT2D eigenvalue weighted by molar-refractivity contribution is 0.402. The van der Waals surface area contributed by atoms with Crippen molar-refractivity contribution in [2.24, 2.45) is 0 Å². The van der Waals surface area contributed by atoms with E-state index in [2.05, 4.69) is 25.3 Å². The quantitative estimate of drug-likeness (QED) is 0.605. The highest BCUT2D eigenvalue weighted by atomic mass is 32.2. The van der Waals surface area contributed by atoms with Crippen LogP contribution in [0.15, 0.2) is 11.6 Å². The Balaban J connectivity index is 2.44. The number of nitrogens with zero attached hydrogens (tertiary/aromatic N) is 1. The Labute approximate surface area is 67.5 Å². The van der Waals surface area contributed by atoms with Crippen LogP contribution in [0.3, 0.4) is 0 Å². The summed E-state index contributed by atoms with van der Waals surface area (Å²) in [6.45, 7) is 10.7. The molecule has 0 saturated carbocycles. The highest BCUT2D eigenvalue weighted by molar-refractivity contribution is 8.03. The van der Waals surface area contributed by atoms with Crippen LogP contribution in [-0.4, -0.2) is 23.2 Å². The van der Waals surface area contributed by atoms with Gasteiger partial charge in [0.05, 0.1) is 5.03 Å². The summed E-state index contributed by atoms with van der Waals surface area (Å²) in [6, 6.07) is 0. The van der Waals surface area contributed by atoms with Gasteiger partial charge in [0.15, 0.2) is 0 Å². The van der Waals surface area contributed by atoms with E-state index in [1.165, 1.54) is 18.0 Å². The number of hydrogen-bond acceptors (Lipinski definition) is 2. The van der Waals surface area contributed by atoms with E-state index in [1.54, 1.807) is 0 Å². The van der Waals surface area contributed by atoms with Crippen LogP contribution in [0.25, 0.3) is 0 Å². The smallest absolute Gasteiger partial charge is 0.0637 e. The zero-order valence-electron chi connectivity index (χ0n) is 6.76. The summed E-state index contributed by atoms with van der Waals surface area (Å²) in [5.41, 5.74) is 0. The van der Waals surface area contributed by atoms with Crippen molar-refractivity contribution in [3.8, 4) is 0 Å². The van der Waals surface area contributed by atoms with Gasteiger partial charge < -0.3 is 4.90 Å². The molecule has 0 aromatic rings. The van der Waals surface area contributed by atoms with Crippen LogP contribution in [-0.2, 0) is 0 Å². The van der Waals surface area contributed by atoms with E-state index < -0.39 is 0 Å². The molecule has 1 saturated heterocycles. The van der Waals surface area contributed by atoms with Crippen molar-refractivity contribution in [2.45, 2.75) is 25.5 Å². The molecule has 1 rings (SSSR count). The predicted octanol–water partition coefficient (Wildman–Crippen LogP) is 2.30. The van der Waals surface area contributed by atoms with Gasteiger partial charge in [0.1, 0.15) is 0 Å². The minimum atomic E-state index is 0.799. The zero-order chi connectivity index (χ0) is 7.56. The lowest BCUT2D eigenvalue weighted by Gasteiger charge is -2.14. The van der Waals surface area contributed by atoms with E-state index in [1.807, 2.05) is 11.8 Å². The largest absolute Gasteiger partial charge is 0.366 e. The summed E-state index contributed by atoms with van der Waals surface area (Å²) >= 11 is 1.93. The summed E-state index contributed by atoms with van der Waals surface area (Å²) in [6.07, 6.45) is 1.26. The molecule has 0 N–H and O–H groups in total. The standard InChI is InChI=1S/C8H15NS/c1-4-8-6-9(5-2)7(3)10-8/h8H,3-6H2,1-2H3. The summed E-state index contributed by atoms with van der Waals surface area (Å²) in [7, 11) is 0. The van der Waals surface area contributed by atoms with Gasteiger partial charge in [0, 0.05) is 18.3 Å². The third-order valence-corrected chi connectivity index (χ3v) is 3.26. The van der Waals surface area contributed by atoms with Crippen molar-refractivity contribution >= 4 is 11.8 Å². The fourth-order valence-electron chi connectivity index (χ4n) is 1.17. The molecule has 1 aliphatic rings. The first-order valence-corrected chi connectivity index (χ1v) is 4.76. The molecule has 1 fully saturated rings. The molecule has 1 aliphatic heterocycles. The Bertz CT molecular complexity index is 133. The second-order valence-electron chi connectivity index (χ2n) is 2.58. The van der Waals surface area contributed by atoms with Crippen LogP contribution in [0, 0.1) is 0 Å². The molecule has 0 bridgehead atoms. The molecule has 0 amide bonds. The van der Waals surface area contributed by atoms with Gasteiger partial charge in [0.25, 0.3) is 0 Å². The van der Waals surface area contributed by atoms with Crippen LogP contribution in [0.5, 0.6) is 0 Å². The van der Waals surface area contributed by atoms with Crippen molar-refractivity contribution < 1.29 is 0 Å². The molecule has 0 radical (unpaired) electrons. The maximum Gasteiger partial charge on any atom is 0.0637 e. The fraction of sp³-hybridized carbons (Fsp3) is 0.750. The number of hydrogen-bond donors (Lipinski definition) is 0. The molecular weight excluding hydrogens is 142 g/mol. The van der Waals surface area contributed by atoms with Crippen LogP contribution < -0.4 is 0 Å². The second kappa shape index (κ2) is 3.33. The monoisotopic (exact) mass is 157 g/mol. The average Bonchev–Trinajstić information content (AvgIpc) is 2.30.